The van der Waals surface area contributed by atoms with Crippen molar-refractivity contribution in [1.82, 2.24) is 10.2 Å². The average molecular weight is 517 g/mol. The number of esters is 1. The monoisotopic (exact) mass is 516 g/mol. The molecule has 0 spiro atoms. The van der Waals surface area contributed by atoms with Crippen molar-refractivity contribution in [1.29, 1.82) is 0 Å². The van der Waals surface area contributed by atoms with Crippen molar-refractivity contribution in [2.45, 2.75) is 44.6 Å². The highest BCUT2D eigenvalue weighted by molar-refractivity contribution is 5.99. The molecule has 1 atom stereocenters. The molecule has 1 aliphatic rings. The number of methoxy groups -OCH3 is 1. The summed E-state index contributed by atoms with van der Waals surface area (Å²) in [7, 11) is 1.59. The van der Waals surface area contributed by atoms with E-state index in [4.69, 9.17) is 14.2 Å². The standard InChI is InChI=1S/C30H32N2O6/c1-36-26-15-13-23(14-16-26)20-32-27(33)19-30(32,28(34)37-21-24-9-4-2-5-10-24)17-8-18-31-29(35)38-22-25-11-6-3-7-12-25/h2-7,9-16H,8,17-22H2,1H3,(H,31,35)/t30-/m0/s1. The van der Waals surface area contributed by atoms with Gasteiger partial charge in [0.15, 0.2) is 0 Å². The Morgan fingerprint density at radius 1 is 0.842 bits per heavy atom. The zero-order chi connectivity index (χ0) is 26.8. The number of benzene rings is 3. The topological polar surface area (TPSA) is 94.2 Å². The van der Waals surface area contributed by atoms with Gasteiger partial charge in [-0.2, -0.15) is 0 Å². The first-order chi connectivity index (χ1) is 18.5. The number of carbonyl (C=O) groups excluding carboxylic acids is 3. The summed E-state index contributed by atoms with van der Waals surface area (Å²) in [6.07, 6.45) is 0.346. The van der Waals surface area contributed by atoms with E-state index in [1.54, 1.807) is 12.0 Å². The minimum absolute atomic E-state index is 0.0647. The number of alkyl carbamates (subject to hydrolysis) is 1. The molecule has 2 amide bonds. The first kappa shape index (κ1) is 26.7. The summed E-state index contributed by atoms with van der Waals surface area (Å²) < 4.78 is 16.2. The highest BCUT2D eigenvalue weighted by atomic mass is 16.5. The van der Waals surface area contributed by atoms with Crippen LogP contribution in [0.1, 0.15) is 36.0 Å². The Bertz CT molecular complexity index is 1220. The van der Waals surface area contributed by atoms with Gasteiger partial charge in [0.25, 0.3) is 0 Å². The van der Waals surface area contributed by atoms with E-state index in [0.717, 1.165) is 16.7 Å². The smallest absolute Gasteiger partial charge is 0.407 e. The summed E-state index contributed by atoms with van der Waals surface area (Å²) in [5, 5.41) is 2.73. The van der Waals surface area contributed by atoms with E-state index in [9.17, 15) is 14.4 Å². The van der Waals surface area contributed by atoms with Gasteiger partial charge < -0.3 is 24.4 Å². The van der Waals surface area contributed by atoms with Gasteiger partial charge in [0, 0.05) is 13.1 Å². The maximum Gasteiger partial charge on any atom is 0.407 e. The van der Waals surface area contributed by atoms with Crippen LogP contribution in [0.25, 0.3) is 0 Å². The summed E-state index contributed by atoms with van der Waals surface area (Å²) in [5.41, 5.74) is 1.54. The fourth-order valence-electron chi connectivity index (χ4n) is 4.45. The fraction of sp³-hybridized carbons (Fsp3) is 0.300. The zero-order valence-electron chi connectivity index (χ0n) is 21.4. The molecule has 1 saturated heterocycles. The first-order valence-electron chi connectivity index (χ1n) is 12.6. The van der Waals surface area contributed by atoms with Gasteiger partial charge in [0.2, 0.25) is 5.91 Å². The van der Waals surface area contributed by atoms with Gasteiger partial charge in [0.05, 0.1) is 13.5 Å². The van der Waals surface area contributed by atoms with Crippen LogP contribution in [0.2, 0.25) is 0 Å². The highest BCUT2D eigenvalue weighted by Crippen LogP contribution is 2.39. The Labute approximate surface area is 222 Å². The Morgan fingerprint density at radius 3 is 2.03 bits per heavy atom. The molecule has 3 aromatic carbocycles. The van der Waals surface area contributed by atoms with Crippen LogP contribution in [-0.4, -0.2) is 42.1 Å². The summed E-state index contributed by atoms with van der Waals surface area (Å²) >= 11 is 0. The van der Waals surface area contributed by atoms with Crippen molar-refractivity contribution >= 4 is 18.0 Å². The molecular weight excluding hydrogens is 484 g/mol. The third-order valence-corrected chi connectivity index (χ3v) is 6.60. The number of nitrogens with zero attached hydrogens (tertiary/aromatic N) is 1. The van der Waals surface area contributed by atoms with E-state index in [2.05, 4.69) is 5.32 Å². The minimum atomic E-state index is -1.10. The molecule has 0 aromatic heterocycles. The molecule has 0 bridgehead atoms. The Morgan fingerprint density at radius 2 is 1.45 bits per heavy atom. The molecule has 1 fully saturated rings. The van der Waals surface area contributed by atoms with E-state index in [-0.39, 0.29) is 32.1 Å². The molecule has 1 aliphatic heterocycles. The number of hydrogen-bond acceptors (Lipinski definition) is 6. The molecule has 1 heterocycles. The van der Waals surface area contributed by atoms with Gasteiger partial charge in [-0.3, -0.25) is 4.79 Å². The maximum atomic E-state index is 13.4. The molecule has 38 heavy (non-hydrogen) atoms. The highest BCUT2D eigenvalue weighted by Gasteiger charge is 2.57. The van der Waals surface area contributed by atoms with Crippen molar-refractivity contribution < 1.29 is 28.6 Å². The van der Waals surface area contributed by atoms with Gasteiger partial charge in [-0.05, 0) is 41.7 Å². The van der Waals surface area contributed by atoms with Crippen LogP contribution < -0.4 is 10.1 Å². The lowest BCUT2D eigenvalue weighted by atomic mass is 9.79. The number of rotatable bonds is 12. The first-order valence-corrected chi connectivity index (χ1v) is 12.6. The van der Waals surface area contributed by atoms with Crippen LogP contribution in [0.3, 0.4) is 0 Å². The number of β-lactam (4-membered cyclic amide) rings is 1. The molecule has 1 N–H and O–H groups in total. The predicted octanol–water partition coefficient (Wildman–Crippen LogP) is 4.62. The molecule has 0 saturated carbocycles. The second-order valence-electron chi connectivity index (χ2n) is 9.19. The van der Waals surface area contributed by atoms with Crippen molar-refractivity contribution in [2.75, 3.05) is 13.7 Å². The zero-order valence-corrected chi connectivity index (χ0v) is 21.4. The van der Waals surface area contributed by atoms with Crippen LogP contribution >= 0.6 is 0 Å². The van der Waals surface area contributed by atoms with Gasteiger partial charge in [-0.15, -0.1) is 0 Å². The van der Waals surface area contributed by atoms with Crippen LogP contribution in [0.4, 0.5) is 4.79 Å². The lowest BCUT2D eigenvalue weighted by Crippen LogP contribution is -2.67. The second kappa shape index (κ2) is 12.8. The fourth-order valence-corrected chi connectivity index (χ4v) is 4.45. The molecule has 3 aromatic rings. The lowest BCUT2D eigenvalue weighted by molar-refractivity contribution is -0.183. The maximum absolute atomic E-state index is 13.4. The quantitative estimate of drug-likeness (QED) is 0.215. The van der Waals surface area contributed by atoms with E-state index < -0.39 is 17.6 Å². The van der Waals surface area contributed by atoms with Crippen LogP contribution in [0, 0.1) is 0 Å². The van der Waals surface area contributed by atoms with Crippen molar-refractivity contribution in [3.05, 3.63) is 102 Å². The predicted molar refractivity (Wildman–Crippen MR) is 141 cm³/mol. The summed E-state index contributed by atoms with van der Waals surface area (Å²) in [4.78, 5) is 39.8. The average Bonchev–Trinajstić information content (AvgIpc) is 2.96. The number of ether oxygens (including phenoxy) is 3. The summed E-state index contributed by atoms with van der Waals surface area (Å²) in [6.45, 7) is 0.865. The molecule has 4 rings (SSSR count). The molecular formula is C30H32N2O6. The third kappa shape index (κ3) is 6.70. The molecule has 0 unspecified atom stereocenters. The Hall–Kier alpha value is -4.33. The van der Waals surface area contributed by atoms with Crippen LogP contribution in [0.5, 0.6) is 5.75 Å². The van der Waals surface area contributed by atoms with Crippen molar-refractivity contribution in [2.24, 2.45) is 0 Å². The SMILES string of the molecule is COc1ccc(CN2C(=O)C[C@@]2(CCCNC(=O)OCc2ccccc2)C(=O)OCc2ccccc2)cc1. The normalized spacial score (nSPS) is 16.3. The number of likely N-dealkylation sites (tertiary alicyclic amines) is 1. The van der Waals surface area contributed by atoms with Crippen LogP contribution in [0.15, 0.2) is 84.9 Å². The molecule has 0 radical (unpaired) electrons. The summed E-state index contributed by atoms with van der Waals surface area (Å²) in [6, 6.07) is 26.2. The number of carbonyl (C=O) groups is 3. The molecule has 8 nitrogen and oxygen atoms in total. The Kier molecular flexibility index (Phi) is 8.98. The van der Waals surface area contributed by atoms with E-state index >= 15 is 0 Å². The van der Waals surface area contributed by atoms with E-state index in [1.807, 2.05) is 84.9 Å². The van der Waals surface area contributed by atoms with Gasteiger partial charge in [-0.1, -0.05) is 72.8 Å². The molecule has 8 heteroatoms. The molecule has 0 aliphatic carbocycles. The van der Waals surface area contributed by atoms with Gasteiger partial charge >= 0.3 is 12.1 Å². The number of nitrogens with one attached hydrogen (secondary N) is 1. The number of amides is 2. The summed E-state index contributed by atoms with van der Waals surface area (Å²) in [5.74, 6) is 0.149. The minimum Gasteiger partial charge on any atom is -0.497 e. The van der Waals surface area contributed by atoms with Crippen molar-refractivity contribution in [3.8, 4) is 5.75 Å². The van der Waals surface area contributed by atoms with E-state index in [0.29, 0.717) is 25.1 Å². The van der Waals surface area contributed by atoms with Gasteiger partial charge in [-0.25, -0.2) is 9.59 Å². The van der Waals surface area contributed by atoms with Crippen LogP contribution in [-0.2, 0) is 38.8 Å². The van der Waals surface area contributed by atoms with Crippen molar-refractivity contribution in [3.63, 3.8) is 0 Å². The largest absolute Gasteiger partial charge is 0.497 e. The number of hydrogen-bond donors (Lipinski definition) is 1. The molecule has 198 valence electrons. The van der Waals surface area contributed by atoms with E-state index in [1.165, 1.54) is 0 Å². The second-order valence-corrected chi connectivity index (χ2v) is 9.19. The van der Waals surface area contributed by atoms with Gasteiger partial charge in [0.1, 0.15) is 24.5 Å². The third-order valence-electron chi connectivity index (χ3n) is 6.60. The lowest BCUT2D eigenvalue weighted by Gasteiger charge is -2.50. The Balaban J connectivity index is 1.37.